The number of aliphatic hydroxyl groups is 1. The van der Waals surface area contributed by atoms with Gasteiger partial charge in [-0.2, -0.15) is 0 Å². The Balaban J connectivity index is 0.00000288. The number of halogens is 1. The Morgan fingerprint density at radius 1 is 1.25 bits per heavy atom. The molecule has 4 N–H and O–H groups in total. The van der Waals surface area contributed by atoms with Crippen molar-refractivity contribution in [1.29, 1.82) is 0 Å². The van der Waals surface area contributed by atoms with Gasteiger partial charge in [-0.3, -0.25) is 4.79 Å². The zero-order valence-electron chi connectivity index (χ0n) is 13.6. The monoisotopic (exact) mass is 350 g/mol. The molecule has 0 spiro atoms. The number of nitrogens with one attached hydrogen (secondary N) is 1. The van der Waals surface area contributed by atoms with Crippen LogP contribution in [0.25, 0.3) is 0 Å². The molecular formula is C18H23ClN2O3. The third kappa shape index (κ3) is 6.20. The van der Waals surface area contributed by atoms with E-state index in [-0.39, 0.29) is 31.5 Å². The Hall–Kier alpha value is -2.08. The van der Waals surface area contributed by atoms with Crippen molar-refractivity contribution in [1.82, 2.24) is 5.32 Å². The Morgan fingerprint density at radius 3 is 2.58 bits per heavy atom. The van der Waals surface area contributed by atoms with Crippen LogP contribution in [0.15, 0.2) is 48.5 Å². The standard InChI is InChI=1S/C18H22N2O3.ClH/c1-13-3-2-4-17(9-13)23-12-16(21)11-20-18(22)15-7-5-14(10-19)6-8-15;/h2-9,16,21H,10-12,19H2,1H3,(H,20,22);1H. The summed E-state index contributed by atoms with van der Waals surface area (Å²) in [7, 11) is 0. The van der Waals surface area contributed by atoms with Gasteiger partial charge >= 0.3 is 0 Å². The highest BCUT2D eigenvalue weighted by Crippen LogP contribution is 2.12. The summed E-state index contributed by atoms with van der Waals surface area (Å²) in [4.78, 5) is 12.0. The SMILES string of the molecule is Cc1cccc(OCC(O)CNC(=O)c2ccc(CN)cc2)c1.Cl. The molecule has 2 aromatic rings. The van der Waals surface area contributed by atoms with E-state index in [2.05, 4.69) is 5.32 Å². The molecule has 0 heterocycles. The molecule has 1 amide bonds. The van der Waals surface area contributed by atoms with Crippen LogP contribution >= 0.6 is 12.4 Å². The topological polar surface area (TPSA) is 84.6 Å². The van der Waals surface area contributed by atoms with Gasteiger partial charge in [0.1, 0.15) is 18.5 Å². The number of amides is 1. The maximum absolute atomic E-state index is 12.0. The van der Waals surface area contributed by atoms with E-state index >= 15 is 0 Å². The van der Waals surface area contributed by atoms with E-state index in [1.807, 2.05) is 43.3 Å². The van der Waals surface area contributed by atoms with Crippen LogP contribution in [0.3, 0.4) is 0 Å². The van der Waals surface area contributed by atoms with Gasteiger partial charge < -0.3 is 20.9 Å². The van der Waals surface area contributed by atoms with Crippen LogP contribution in [0.5, 0.6) is 5.75 Å². The third-order valence-electron chi connectivity index (χ3n) is 3.38. The van der Waals surface area contributed by atoms with E-state index < -0.39 is 6.10 Å². The number of benzene rings is 2. The molecule has 2 aromatic carbocycles. The minimum Gasteiger partial charge on any atom is -0.491 e. The van der Waals surface area contributed by atoms with Crippen LogP contribution in [0.4, 0.5) is 0 Å². The maximum Gasteiger partial charge on any atom is 0.251 e. The summed E-state index contributed by atoms with van der Waals surface area (Å²) >= 11 is 0. The number of aryl methyl sites for hydroxylation is 1. The molecule has 0 aliphatic carbocycles. The number of nitrogens with two attached hydrogens (primary N) is 1. The highest BCUT2D eigenvalue weighted by Gasteiger charge is 2.10. The van der Waals surface area contributed by atoms with Gasteiger partial charge in [0.2, 0.25) is 0 Å². The van der Waals surface area contributed by atoms with Crippen molar-refractivity contribution >= 4 is 18.3 Å². The molecule has 0 aliphatic heterocycles. The van der Waals surface area contributed by atoms with Crippen LogP contribution in [-0.2, 0) is 6.54 Å². The Labute approximate surface area is 148 Å². The number of carbonyl (C=O) groups is 1. The molecule has 2 rings (SSSR count). The average molecular weight is 351 g/mol. The van der Waals surface area contributed by atoms with Crippen molar-refractivity contribution < 1.29 is 14.6 Å². The molecule has 130 valence electrons. The molecule has 0 radical (unpaired) electrons. The Morgan fingerprint density at radius 2 is 1.96 bits per heavy atom. The Bertz CT molecular complexity index is 647. The molecule has 0 aromatic heterocycles. The zero-order chi connectivity index (χ0) is 16.7. The van der Waals surface area contributed by atoms with E-state index in [0.29, 0.717) is 17.9 Å². The number of aliphatic hydroxyl groups excluding tert-OH is 1. The minimum absolute atomic E-state index is 0. The van der Waals surface area contributed by atoms with Gasteiger partial charge in [-0.25, -0.2) is 0 Å². The van der Waals surface area contributed by atoms with E-state index in [4.69, 9.17) is 10.5 Å². The lowest BCUT2D eigenvalue weighted by Gasteiger charge is -2.13. The van der Waals surface area contributed by atoms with Gasteiger partial charge in [-0.05, 0) is 42.3 Å². The Kier molecular flexibility index (Phi) is 8.26. The molecule has 24 heavy (non-hydrogen) atoms. The lowest BCUT2D eigenvalue weighted by molar-refractivity contribution is 0.0843. The largest absolute Gasteiger partial charge is 0.491 e. The number of carbonyl (C=O) groups excluding carboxylic acids is 1. The van der Waals surface area contributed by atoms with Crippen molar-refractivity contribution in [3.8, 4) is 5.75 Å². The number of hydrogen-bond donors (Lipinski definition) is 3. The second-order valence-corrected chi connectivity index (χ2v) is 5.39. The van der Waals surface area contributed by atoms with Crippen molar-refractivity contribution in [2.75, 3.05) is 13.2 Å². The highest BCUT2D eigenvalue weighted by atomic mass is 35.5. The first-order valence-electron chi connectivity index (χ1n) is 7.53. The molecule has 6 heteroatoms. The summed E-state index contributed by atoms with van der Waals surface area (Å²) in [5, 5.41) is 12.6. The summed E-state index contributed by atoms with van der Waals surface area (Å²) in [5.41, 5.74) is 8.11. The zero-order valence-corrected chi connectivity index (χ0v) is 14.4. The van der Waals surface area contributed by atoms with Crippen LogP contribution < -0.4 is 15.8 Å². The fourth-order valence-electron chi connectivity index (χ4n) is 2.06. The lowest BCUT2D eigenvalue weighted by atomic mass is 10.1. The average Bonchev–Trinajstić information content (AvgIpc) is 2.58. The normalized spacial score (nSPS) is 11.3. The molecule has 0 bridgehead atoms. The molecule has 1 atom stereocenters. The third-order valence-corrected chi connectivity index (χ3v) is 3.38. The van der Waals surface area contributed by atoms with Gasteiger partial charge in [0, 0.05) is 18.7 Å². The maximum atomic E-state index is 12.0. The first-order valence-corrected chi connectivity index (χ1v) is 7.53. The second kappa shape index (κ2) is 9.93. The number of rotatable bonds is 7. The summed E-state index contributed by atoms with van der Waals surface area (Å²) in [6.45, 7) is 2.66. The van der Waals surface area contributed by atoms with E-state index in [9.17, 15) is 9.90 Å². The molecular weight excluding hydrogens is 328 g/mol. The van der Waals surface area contributed by atoms with Crippen LogP contribution in [-0.4, -0.2) is 30.3 Å². The van der Waals surface area contributed by atoms with Crippen LogP contribution in [0, 0.1) is 6.92 Å². The molecule has 0 saturated carbocycles. The minimum atomic E-state index is -0.775. The molecule has 0 saturated heterocycles. The molecule has 5 nitrogen and oxygen atoms in total. The molecule has 1 unspecified atom stereocenters. The van der Waals surface area contributed by atoms with Gasteiger partial charge in [0.15, 0.2) is 0 Å². The predicted octanol–water partition coefficient (Wildman–Crippen LogP) is 2.05. The highest BCUT2D eigenvalue weighted by molar-refractivity contribution is 5.94. The molecule has 0 aliphatic rings. The van der Waals surface area contributed by atoms with E-state index in [1.54, 1.807) is 12.1 Å². The fraction of sp³-hybridized carbons (Fsp3) is 0.278. The van der Waals surface area contributed by atoms with Crippen molar-refractivity contribution in [2.24, 2.45) is 5.73 Å². The predicted molar refractivity (Wildman–Crippen MR) is 96.6 cm³/mol. The van der Waals surface area contributed by atoms with Crippen molar-refractivity contribution in [3.63, 3.8) is 0 Å². The summed E-state index contributed by atoms with van der Waals surface area (Å²) in [6.07, 6.45) is -0.775. The van der Waals surface area contributed by atoms with Gasteiger partial charge in [-0.15, -0.1) is 12.4 Å². The first-order chi connectivity index (χ1) is 11.1. The van der Waals surface area contributed by atoms with Gasteiger partial charge in [-0.1, -0.05) is 24.3 Å². The summed E-state index contributed by atoms with van der Waals surface area (Å²) in [6, 6.07) is 14.6. The van der Waals surface area contributed by atoms with Gasteiger partial charge in [0.05, 0.1) is 0 Å². The van der Waals surface area contributed by atoms with Gasteiger partial charge in [0.25, 0.3) is 5.91 Å². The van der Waals surface area contributed by atoms with Crippen molar-refractivity contribution in [2.45, 2.75) is 19.6 Å². The second-order valence-electron chi connectivity index (χ2n) is 5.39. The smallest absolute Gasteiger partial charge is 0.251 e. The quantitative estimate of drug-likeness (QED) is 0.713. The lowest BCUT2D eigenvalue weighted by Crippen LogP contribution is -2.35. The van der Waals surface area contributed by atoms with E-state index in [1.165, 1.54) is 0 Å². The van der Waals surface area contributed by atoms with E-state index in [0.717, 1.165) is 11.1 Å². The number of hydrogen-bond acceptors (Lipinski definition) is 4. The number of ether oxygens (including phenoxy) is 1. The van der Waals surface area contributed by atoms with Crippen molar-refractivity contribution in [3.05, 3.63) is 65.2 Å². The summed E-state index contributed by atoms with van der Waals surface area (Å²) < 4.78 is 5.50. The summed E-state index contributed by atoms with van der Waals surface area (Å²) in [5.74, 6) is 0.468. The molecule has 0 fully saturated rings. The fourth-order valence-corrected chi connectivity index (χ4v) is 2.06. The van der Waals surface area contributed by atoms with Crippen LogP contribution in [0.1, 0.15) is 21.5 Å². The first kappa shape index (κ1) is 20.0. The van der Waals surface area contributed by atoms with Crippen LogP contribution in [0.2, 0.25) is 0 Å².